The van der Waals surface area contributed by atoms with E-state index in [0.717, 1.165) is 5.56 Å². The summed E-state index contributed by atoms with van der Waals surface area (Å²) in [6.45, 7) is 10.3. The summed E-state index contributed by atoms with van der Waals surface area (Å²) < 4.78 is 51.7. The lowest BCUT2D eigenvalue weighted by Crippen LogP contribution is -2.51. The van der Waals surface area contributed by atoms with Crippen molar-refractivity contribution in [3.05, 3.63) is 29.3 Å². The molecule has 0 saturated carbocycles. The highest BCUT2D eigenvalue weighted by Crippen LogP contribution is 2.31. The molecule has 174 valence electrons. The molecule has 2 aliphatic rings. The summed E-state index contributed by atoms with van der Waals surface area (Å²) in [6.07, 6.45) is 1.26. The molecule has 2 aliphatic heterocycles. The van der Waals surface area contributed by atoms with E-state index in [-0.39, 0.29) is 41.8 Å². The largest absolute Gasteiger partial charge is 0.350 e. The standard InChI is InChI=1S/C22H34N2O5S2/c1-16-6-7-18(21(2,3)4)14-19(16)31(28,29)24-11-8-17(9-12-24)20(25)23-22(5)10-13-30(26,27)15-22/h6-7,14,17H,8-13,15H2,1-5H3,(H,23,25)/t22-/m1/s1. The van der Waals surface area contributed by atoms with Gasteiger partial charge in [-0.2, -0.15) is 4.31 Å². The molecule has 2 fully saturated rings. The lowest BCUT2D eigenvalue weighted by molar-refractivity contribution is -0.127. The van der Waals surface area contributed by atoms with E-state index in [1.54, 1.807) is 19.9 Å². The van der Waals surface area contributed by atoms with Crippen LogP contribution in [0.15, 0.2) is 23.1 Å². The van der Waals surface area contributed by atoms with Gasteiger partial charge in [-0.05, 0) is 55.7 Å². The van der Waals surface area contributed by atoms with Crippen LogP contribution in [0.4, 0.5) is 0 Å². The predicted molar refractivity (Wildman–Crippen MR) is 121 cm³/mol. The molecule has 1 aromatic rings. The molecule has 0 aliphatic carbocycles. The molecule has 1 N–H and O–H groups in total. The number of carbonyl (C=O) groups excluding carboxylic acids is 1. The molecule has 0 aromatic heterocycles. The van der Waals surface area contributed by atoms with E-state index in [2.05, 4.69) is 5.32 Å². The van der Waals surface area contributed by atoms with Crippen LogP contribution in [0.25, 0.3) is 0 Å². The summed E-state index contributed by atoms with van der Waals surface area (Å²) >= 11 is 0. The number of carbonyl (C=O) groups is 1. The Hall–Kier alpha value is -1.45. The first-order chi connectivity index (χ1) is 14.1. The number of aryl methyl sites for hydroxylation is 1. The van der Waals surface area contributed by atoms with Gasteiger partial charge >= 0.3 is 0 Å². The summed E-state index contributed by atoms with van der Waals surface area (Å²) in [5.41, 5.74) is 0.783. The maximum atomic E-state index is 13.3. The highest BCUT2D eigenvalue weighted by Gasteiger charge is 2.41. The Morgan fingerprint density at radius 3 is 2.32 bits per heavy atom. The zero-order valence-corrected chi connectivity index (χ0v) is 20.7. The van der Waals surface area contributed by atoms with Crippen molar-refractivity contribution in [1.29, 1.82) is 0 Å². The number of sulfonamides is 1. The van der Waals surface area contributed by atoms with Crippen LogP contribution in [0.3, 0.4) is 0 Å². The Balaban J connectivity index is 1.68. The van der Waals surface area contributed by atoms with Gasteiger partial charge in [-0.25, -0.2) is 16.8 Å². The summed E-state index contributed by atoms with van der Waals surface area (Å²) in [5.74, 6) is -0.438. The molecule has 0 unspecified atom stereocenters. The lowest BCUT2D eigenvalue weighted by Gasteiger charge is -2.33. The Labute approximate surface area is 186 Å². The van der Waals surface area contributed by atoms with E-state index < -0.39 is 25.4 Å². The zero-order chi connectivity index (χ0) is 23.2. The molecule has 7 nitrogen and oxygen atoms in total. The summed E-state index contributed by atoms with van der Waals surface area (Å²) in [6, 6.07) is 5.59. The van der Waals surface area contributed by atoms with E-state index >= 15 is 0 Å². The van der Waals surface area contributed by atoms with Gasteiger partial charge in [0.05, 0.1) is 21.9 Å². The number of amides is 1. The van der Waals surface area contributed by atoms with Crippen LogP contribution < -0.4 is 5.32 Å². The number of nitrogens with zero attached hydrogens (tertiary/aromatic N) is 1. The molecular weight excluding hydrogens is 436 g/mol. The number of nitrogens with one attached hydrogen (secondary N) is 1. The van der Waals surface area contributed by atoms with E-state index in [4.69, 9.17) is 0 Å². The fourth-order valence-electron chi connectivity index (χ4n) is 4.35. The van der Waals surface area contributed by atoms with E-state index in [1.807, 2.05) is 32.9 Å². The van der Waals surface area contributed by atoms with Crippen molar-refractivity contribution in [3.8, 4) is 0 Å². The van der Waals surface area contributed by atoms with E-state index in [1.165, 1.54) is 4.31 Å². The van der Waals surface area contributed by atoms with Crippen molar-refractivity contribution < 1.29 is 21.6 Å². The second kappa shape index (κ2) is 8.15. The van der Waals surface area contributed by atoms with Gasteiger partial charge < -0.3 is 5.32 Å². The van der Waals surface area contributed by atoms with Crippen LogP contribution in [0.1, 0.15) is 58.1 Å². The lowest BCUT2D eigenvalue weighted by atomic mass is 9.87. The summed E-state index contributed by atoms with van der Waals surface area (Å²) in [5, 5.41) is 2.91. The Kier molecular flexibility index (Phi) is 6.37. The molecule has 2 saturated heterocycles. The number of sulfone groups is 1. The minimum absolute atomic E-state index is 0.0393. The number of piperidine rings is 1. The van der Waals surface area contributed by atoms with Gasteiger partial charge in [0, 0.05) is 19.0 Å². The van der Waals surface area contributed by atoms with Crippen molar-refractivity contribution in [3.63, 3.8) is 0 Å². The van der Waals surface area contributed by atoms with Crippen LogP contribution in [0.2, 0.25) is 0 Å². The second-order valence-corrected chi connectivity index (χ2v) is 14.4. The Bertz CT molecular complexity index is 1070. The highest BCUT2D eigenvalue weighted by molar-refractivity contribution is 7.91. The van der Waals surface area contributed by atoms with Gasteiger partial charge in [-0.3, -0.25) is 4.79 Å². The van der Waals surface area contributed by atoms with Gasteiger partial charge in [0.15, 0.2) is 9.84 Å². The third-order valence-corrected chi connectivity index (χ3v) is 10.4. The topological polar surface area (TPSA) is 101 Å². The molecule has 0 spiro atoms. The van der Waals surface area contributed by atoms with Crippen molar-refractivity contribution >= 4 is 25.8 Å². The molecule has 1 aromatic carbocycles. The van der Waals surface area contributed by atoms with Gasteiger partial charge in [-0.1, -0.05) is 32.9 Å². The summed E-state index contributed by atoms with van der Waals surface area (Å²) in [7, 11) is -6.76. The van der Waals surface area contributed by atoms with E-state index in [0.29, 0.717) is 29.7 Å². The molecule has 9 heteroatoms. The van der Waals surface area contributed by atoms with Crippen LogP contribution in [0.5, 0.6) is 0 Å². The van der Waals surface area contributed by atoms with Gasteiger partial charge in [0.2, 0.25) is 15.9 Å². The van der Waals surface area contributed by atoms with E-state index in [9.17, 15) is 21.6 Å². The molecule has 31 heavy (non-hydrogen) atoms. The number of rotatable bonds is 4. The molecule has 2 heterocycles. The number of benzene rings is 1. The maximum absolute atomic E-state index is 13.3. The Morgan fingerprint density at radius 2 is 1.81 bits per heavy atom. The van der Waals surface area contributed by atoms with Gasteiger partial charge in [0.25, 0.3) is 0 Å². The molecule has 0 bridgehead atoms. The van der Waals surface area contributed by atoms with Crippen LogP contribution in [-0.2, 0) is 30.1 Å². The molecule has 3 rings (SSSR count). The summed E-state index contributed by atoms with van der Waals surface area (Å²) in [4.78, 5) is 13.1. The van der Waals surface area contributed by atoms with Crippen molar-refractivity contribution in [2.24, 2.45) is 5.92 Å². The monoisotopic (exact) mass is 470 g/mol. The molecular formula is C22H34N2O5S2. The minimum atomic E-state index is -3.65. The smallest absolute Gasteiger partial charge is 0.243 e. The first kappa shape index (κ1) is 24.2. The third-order valence-electron chi connectivity index (χ3n) is 6.43. The first-order valence-electron chi connectivity index (χ1n) is 10.8. The molecule has 1 amide bonds. The number of hydrogen-bond donors (Lipinski definition) is 1. The average molecular weight is 471 g/mol. The number of hydrogen-bond acceptors (Lipinski definition) is 5. The van der Waals surface area contributed by atoms with Crippen molar-refractivity contribution in [2.75, 3.05) is 24.6 Å². The first-order valence-corrected chi connectivity index (χ1v) is 14.0. The Morgan fingerprint density at radius 1 is 1.19 bits per heavy atom. The van der Waals surface area contributed by atoms with Crippen LogP contribution >= 0.6 is 0 Å². The molecule has 1 atom stereocenters. The molecule has 0 radical (unpaired) electrons. The average Bonchev–Trinajstić information content (AvgIpc) is 2.93. The van der Waals surface area contributed by atoms with Gasteiger partial charge in [-0.15, -0.1) is 0 Å². The SMILES string of the molecule is Cc1ccc(C(C)(C)C)cc1S(=O)(=O)N1CCC(C(=O)N[C@]2(C)CCS(=O)(=O)C2)CC1. The predicted octanol–water partition coefficient (Wildman–Crippen LogP) is 2.39. The zero-order valence-electron chi connectivity index (χ0n) is 19.1. The fourth-order valence-corrected chi connectivity index (χ4v) is 8.16. The third kappa shape index (κ3) is 5.31. The minimum Gasteiger partial charge on any atom is -0.350 e. The van der Waals surface area contributed by atoms with Crippen LogP contribution in [0, 0.1) is 12.8 Å². The maximum Gasteiger partial charge on any atom is 0.243 e. The quantitative estimate of drug-likeness (QED) is 0.728. The van der Waals surface area contributed by atoms with Crippen molar-refractivity contribution in [2.45, 2.75) is 69.7 Å². The normalized spacial score (nSPS) is 25.5. The fraction of sp³-hybridized carbons (Fsp3) is 0.682. The highest BCUT2D eigenvalue weighted by atomic mass is 32.2. The van der Waals surface area contributed by atoms with Gasteiger partial charge in [0.1, 0.15) is 0 Å². The van der Waals surface area contributed by atoms with Crippen molar-refractivity contribution in [1.82, 2.24) is 9.62 Å². The van der Waals surface area contributed by atoms with Crippen LogP contribution in [-0.4, -0.2) is 57.2 Å². The second-order valence-electron chi connectivity index (χ2n) is 10.3.